The number of anilines is 1. The van der Waals surface area contributed by atoms with E-state index in [9.17, 15) is 4.79 Å². The van der Waals surface area contributed by atoms with Gasteiger partial charge < -0.3 is 25.1 Å². The Balaban J connectivity index is 1.59. The molecule has 2 heterocycles. The number of carbonyl (C=O) groups is 1. The molecule has 1 unspecified atom stereocenters. The summed E-state index contributed by atoms with van der Waals surface area (Å²) in [4.78, 5) is 19.5. The Hall–Kier alpha value is -2.84. The van der Waals surface area contributed by atoms with Gasteiger partial charge >= 0.3 is 0 Å². The molecule has 2 aromatic rings. The smallest absolute Gasteiger partial charge is 0.291 e. The number of morpholine rings is 1. The van der Waals surface area contributed by atoms with Gasteiger partial charge in [0, 0.05) is 37.9 Å². The average Bonchev–Trinajstić information content (AvgIpc) is 3.33. The third-order valence-corrected chi connectivity index (χ3v) is 5.46. The van der Waals surface area contributed by atoms with Gasteiger partial charge in [0.25, 0.3) is 5.91 Å². The lowest BCUT2D eigenvalue weighted by atomic mass is 10.0. The van der Waals surface area contributed by atoms with Gasteiger partial charge in [0.1, 0.15) is 0 Å². The van der Waals surface area contributed by atoms with Crippen LogP contribution in [0.25, 0.3) is 0 Å². The molecule has 3 rings (SSSR count). The summed E-state index contributed by atoms with van der Waals surface area (Å²) >= 11 is 0. The summed E-state index contributed by atoms with van der Waals surface area (Å²) in [6.45, 7) is 12.2. The lowest BCUT2D eigenvalue weighted by Crippen LogP contribution is -2.52. The van der Waals surface area contributed by atoms with Gasteiger partial charge in [-0.05, 0) is 42.7 Å². The molecule has 1 amide bonds. The highest BCUT2D eigenvalue weighted by Crippen LogP contribution is 2.14. The molecular formula is C24H35N5O3. The zero-order valence-corrected chi connectivity index (χ0v) is 19.3. The van der Waals surface area contributed by atoms with E-state index >= 15 is 0 Å². The SMILES string of the molecule is CCNC(=NCc1cccc(NC(=O)c2ccco2)c1)NCC(C(C)C)N1CCOCC1. The van der Waals surface area contributed by atoms with Crippen molar-refractivity contribution >= 4 is 17.6 Å². The molecule has 0 bridgehead atoms. The highest BCUT2D eigenvalue weighted by atomic mass is 16.5. The van der Waals surface area contributed by atoms with E-state index in [1.807, 2.05) is 24.3 Å². The minimum atomic E-state index is -0.270. The molecule has 174 valence electrons. The number of nitrogens with one attached hydrogen (secondary N) is 3. The number of rotatable bonds is 9. The summed E-state index contributed by atoms with van der Waals surface area (Å²) in [7, 11) is 0. The predicted molar refractivity (Wildman–Crippen MR) is 127 cm³/mol. The normalized spacial score (nSPS) is 16.1. The van der Waals surface area contributed by atoms with E-state index in [-0.39, 0.29) is 11.7 Å². The van der Waals surface area contributed by atoms with Crippen LogP contribution in [0.3, 0.4) is 0 Å². The predicted octanol–water partition coefficient (Wildman–Crippen LogP) is 2.94. The van der Waals surface area contributed by atoms with Crippen molar-refractivity contribution in [3.8, 4) is 0 Å². The Morgan fingerprint density at radius 1 is 1.16 bits per heavy atom. The first kappa shape index (κ1) is 23.8. The average molecular weight is 442 g/mol. The number of amides is 1. The van der Waals surface area contributed by atoms with Crippen LogP contribution in [0, 0.1) is 5.92 Å². The monoisotopic (exact) mass is 441 g/mol. The van der Waals surface area contributed by atoms with Crippen molar-refractivity contribution in [1.82, 2.24) is 15.5 Å². The van der Waals surface area contributed by atoms with Crippen LogP contribution in [-0.2, 0) is 11.3 Å². The van der Waals surface area contributed by atoms with E-state index in [1.165, 1.54) is 6.26 Å². The van der Waals surface area contributed by atoms with Crippen molar-refractivity contribution in [3.05, 3.63) is 54.0 Å². The van der Waals surface area contributed by atoms with Crippen LogP contribution in [-0.4, -0.2) is 62.2 Å². The van der Waals surface area contributed by atoms with Gasteiger partial charge in [-0.15, -0.1) is 0 Å². The molecule has 1 atom stereocenters. The third kappa shape index (κ3) is 7.10. The number of carbonyl (C=O) groups excluding carboxylic acids is 1. The van der Waals surface area contributed by atoms with Crippen LogP contribution in [0.5, 0.6) is 0 Å². The van der Waals surface area contributed by atoms with Crippen molar-refractivity contribution in [1.29, 1.82) is 0 Å². The van der Waals surface area contributed by atoms with Gasteiger partial charge in [-0.2, -0.15) is 0 Å². The van der Waals surface area contributed by atoms with E-state index in [2.05, 4.69) is 41.6 Å². The number of furan rings is 1. The largest absolute Gasteiger partial charge is 0.459 e. The number of guanidine groups is 1. The fourth-order valence-corrected chi connectivity index (χ4v) is 3.76. The zero-order chi connectivity index (χ0) is 22.8. The second kappa shape index (κ2) is 12.3. The first-order valence-electron chi connectivity index (χ1n) is 11.3. The molecule has 0 radical (unpaired) electrons. The molecule has 1 aromatic heterocycles. The van der Waals surface area contributed by atoms with Crippen molar-refractivity contribution < 1.29 is 13.9 Å². The standard InChI is InChI=1S/C24H35N5O3/c1-4-25-24(27-17-21(18(2)3)29-10-13-31-14-11-29)26-16-19-7-5-8-20(15-19)28-23(30)22-9-6-12-32-22/h5-9,12,15,18,21H,4,10-11,13-14,16-17H2,1-3H3,(H,28,30)(H2,25,26,27). The second-order valence-corrected chi connectivity index (χ2v) is 8.17. The highest BCUT2D eigenvalue weighted by Gasteiger charge is 2.23. The molecular weight excluding hydrogens is 406 g/mol. The van der Waals surface area contributed by atoms with Crippen LogP contribution in [0.1, 0.15) is 36.9 Å². The Bertz CT molecular complexity index is 860. The lowest BCUT2D eigenvalue weighted by molar-refractivity contribution is 0.00752. The second-order valence-electron chi connectivity index (χ2n) is 8.17. The van der Waals surface area contributed by atoms with Gasteiger partial charge in [0.05, 0.1) is 26.0 Å². The van der Waals surface area contributed by atoms with Crippen LogP contribution in [0.2, 0.25) is 0 Å². The summed E-state index contributed by atoms with van der Waals surface area (Å²) in [5, 5.41) is 9.70. The highest BCUT2D eigenvalue weighted by molar-refractivity contribution is 6.02. The summed E-state index contributed by atoms with van der Waals surface area (Å²) in [5.74, 6) is 1.33. The Morgan fingerprint density at radius 3 is 2.66 bits per heavy atom. The number of aliphatic imine (C=N–C) groups is 1. The van der Waals surface area contributed by atoms with Crippen molar-refractivity contribution in [3.63, 3.8) is 0 Å². The molecule has 1 fully saturated rings. The van der Waals surface area contributed by atoms with Crippen LogP contribution < -0.4 is 16.0 Å². The van der Waals surface area contributed by atoms with Crippen LogP contribution in [0.4, 0.5) is 5.69 Å². The van der Waals surface area contributed by atoms with E-state index in [0.29, 0.717) is 24.2 Å². The minimum absolute atomic E-state index is 0.270. The molecule has 8 heteroatoms. The fourth-order valence-electron chi connectivity index (χ4n) is 3.76. The van der Waals surface area contributed by atoms with Gasteiger partial charge in [0.15, 0.2) is 11.7 Å². The van der Waals surface area contributed by atoms with Crippen molar-refractivity contribution in [2.75, 3.05) is 44.7 Å². The first-order chi connectivity index (χ1) is 15.6. The molecule has 8 nitrogen and oxygen atoms in total. The zero-order valence-electron chi connectivity index (χ0n) is 19.3. The molecule has 1 aliphatic heterocycles. The van der Waals surface area contributed by atoms with Crippen LogP contribution in [0.15, 0.2) is 52.1 Å². The third-order valence-electron chi connectivity index (χ3n) is 5.46. The molecule has 1 saturated heterocycles. The van der Waals surface area contributed by atoms with Gasteiger partial charge in [0.2, 0.25) is 0 Å². The lowest BCUT2D eigenvalue weighted by Gasteiger charge is -2.37. The maximum atomic E-state index is 12.2. The van der Waals surface area contributed by atoms with E-state index in [1.54, 1.807) is 12.1 Å². The topological polar surface area (TPSA) is 91.1 Å². The maximum Gasteiger partial charge on any atom is 0.291 e. The summed E-state index contributed by atoms with van der Waals surface area (Å²) in [6.07, 6.45) is 1.48. The molecule has 0 spiro atoms. The molecule has 0 saturated carbocycles. The minimum Gasteiger partial charge on any atom is -0.459 e. The summed E-state index contributed by atoms with van der Waals surface area (Å²) < 4.78 is 10.7. The number of hydrogen-bond donors (Lipinski definition) is 3. The van der Waals surface area contributed by atoms with E-state index in [0.717, 1.165) is 50.9 Å². The number of benzene rings is 1. The van der Waals surface area contributed by atoms with E-state index < -0.39 is 0 Å². The van der Waals surface area contributed by atoms with E-state index in [4.69, 9.17) is 14.1 Å². The maximum absolute atomic E-state index is 12.2. The molecule has 32 heavy (non-hydrogen) atoms. The molecule has 3 N–H and O–H groups in total. The van der Waals surface area contributed by atoms with Crippen molar-refractivity contribution in [2.24, 2.45) is 10.9 Å². The number of ether oxygens (including phenoxy) is 1. The summed E-state index contributed by atoms with van der Waals surface area (Å²) in [6, 6.07) is 11.4. The molecule has 0 aliphatic carbocycles. The number of nitrogens with zero attached hydrogens (tertiary/aromatic N) is 2. The number of hydrogen-bond acceptors (Lipinski definition) is 5. The first-order valence-corrected chi connectivity index (χ1v) is 11.3. The summed E-state index contributed by atoms with van der Waals surface area (Å²) in [5.41, 5.74) is 1.72. The van der Waals surface area contributed by atoms with Crippen molar-refractivity contribution in [2.45, 2.75) is 33.4 Å². The van der Waals surface area contributed by atoms with Gasteiger partial charge in [-0.25, -0.2) is 4.99 Å². The molecule has 1 aromatic carbocycles. The Morgan fingerprint density at radius 2 is 1.97 bits per heavy atom. The quantitative estimate of drug-likeness (QED) is 0.409. The fraction of sp³-hybridized carbons (Fsp3) is 0.500. The Labute approximate surface area is 190 Å². The van der Waals surface area contributed by atoms with Crippen LogP contribution >= 0.6 is 0 Å². The molecule has 1 aliphatic rings. The van der Waals surface area contributed by atoms with Gasteiger partial charge in [-0.3, -0.25) is 9.69 Å². The Kier molecular flexibility index (Phi) is 9.13. The van der Waals surface area contributed by atoms with Gasteiger partial charge in [-0.1, -0.05) is 26.0 Å².